The van der Waals surface area contributed by atoms with Crippen LogP contribution in [-0.2, 0) is 0 Å². The number of pyridine rings is 1. The molecular formula is C10H7FIN. The van der Waals surface area contributed by atoms with E-state index in [2.05, 4.69) is 27.6 Å². The van der Waals surface area contributed by atoms with Crippen molar-refractivity contribution in [2.75, 3.05) is 0 Å². The molecule has 0 aliphatic carbocycles. The van der Waals surface area contributed by atoms with Gasteiger partial charge >= 0.3 is 0 Å². The normalized spacial score (nSPS) is 10.7. The highest BCUT2D eigenvalue weighted by atomic mass is 127. The SMILES string of the molecule is Cc1c(I)cc(F)c2ncccc12. The fourth-order valence-electron chi connectivity index (χ4n) is 1.31. The quantitative estimate of drug-likeness (QED) is 0.678. The minimum absolute atomic E-state index is 0.245. The molecule has 13 heavy (non-hydrogen) atoms. The van der Waals surface area contributed by atoms with Crippen LogP contribution in [0, 0.1) is 16.3 Å². The van der Waals surface area contributed by atoms with E-state index < -0.39 is 0 Å². The van der Waals surface area contributed by atoms with Gasteiger partial charge in [0.1, 0.15) is 11.3 Å². The largest absolute Gasteiger partial charge is 0.253 e. The lowest BCUT2D eigenvalue weighted by Gasteiger charge is -2.04. The molecule has 1 aromatic heterocycles. The van der Waals surface area contributed by atoms with Gasteiger partial charge in [0.15, 0.2) is 0 Å². The molecular weight excluding hydrogens is 280 g/mol. The van der Waals surface area contributed by atoms with Crippen LogP contribution in [0.4, 0.5) is 4.39 Å². The molecule has 0 amide bonds. The first-order chi connectivity index (χ1) is 6.20. The molecule has 0 aliphatic heterocycles. The van der Waals surface area contributed by atoms with E-state index in [1.165, 1.54) is 6.07 Å². The third kappa shape index (κ3) is 1.41. The molecule has 0 unspecified atom stereocenters. The summed E-state index contributed by atoms with van der Waals surface area (Å²) in [5, 5.41) is 0.895. The molecule has 2 aromatic rings. The number of fused-ring (bicyclic) bond motifs is 1. The minimum Gasteiger partial charge on any atom is -0.253 e. The molecule has 0 N–H and O–H groups in total. The Kier molecular flexibility index (Phi) is 2.19. The summed E-state index contributed by atoms with van der Waals surface area (Å²) in [5.74, 6) is -0.245. The van der Waals surface area contributed by atoms with Gasteiger partial charge in [-0.15, -0.1) is 0 Å². The smallest absolute Gasteiger partial charge is 0.150 e. The second-order valence-corrected chi connectivity index (χ2v) is 4.03. The number of hydrogen-bond acceptors (Lipinski definition) is 1. The molecule has 0 saturated heterocycles. The fourth-order valence-corrected chi connectivity index (χ4v) is 1.88. The molecule has 0 aliphatic rings. The number of hydrogen-bond donors (Lipinski definition) is 0. The van der Waals surface area contributed by atoms with E-state index in [0.717, 1.165) is 14.5 Å². The van der Waals surface area contributed by atoms with Gasteiger partial charge in [-0.05, 0) is 47.2 Å². The first-order valence-corrected chi connectivity index (χ1v) is 4.97. The van der Waals surface area contributed by atoms with Gasteiger partial charge in [-0.3, -0.25) is 4.98 Å². The number of nitrogens with zero attached hydrogens (tertiary/aromatic N) is 1. The van der Waals surface area contributed by atoms with Gasteiger partial charge in [0.2, 0.25) is 0 Å². The van der Waals surface area contributed by atoms with Crippen molar-refractivity contribution in [3.63, 3.8) is 0 Å². The maximum absolute atomic E-state index is 13.4. The summed E-state index contributed by atoms with van der Waals surface area (Å²) in [6.45, 7) is 1.98. The lowest BCUT2D eigenvalue weighted by atomic mass is 10.1. The monoisotopic (exact) mass is 287 g/mol. The second-order valence-electron chi connectivity index (χ2n) is 2.86. The predicted molar refractivity (Wildman–Crippen MR) is 59.2 cm³/mol. The average Bonchev–Trinajstić information content (AvgIpc) is 2.15. The Bertz CT molecular complexity index is 468. The molecule has 0 saturated carbocycles. The highest BCUT2D eigenvalue weighted by Crippen LogP contribution is 2.23. The van der Waals surface area contributed by atoms with Crippen LogP contribution >= 0.6 is 22.6 Å². The van der Waals surface area contributed by atoms with Crippen LogP contribution in [-0.4, -0.2) is 4.98 Å². The van der Waals surface area contributed by atoms with E-state index in [0.29, 0.717) is 5.52 Å². The summed E-state index contributed by atoms with van der Waals surface area (Å²) >= 11 is 2.13. The highest BCUT2D eigenvalue weighted by molar-refractivity contribution is 14.1. The van der Waals surface area contributed by atoms with Crippen LogP contribution in [0.2, 0.25) is 0 Å². The van der Waals surface area contributed by atoms with Crippen LogP contribution in [0.1, 0.15) is 5.56 Å². The van der Waals surface area contributed by atoms with Gasteiger partial charge in [0.25, 0.3) is 0 Å². The molecule has 0 fully saturated rings. The summed E-state index contributed by atoms with van der Waals surface area (Å²) in [5.41, 5.74) is 1.55. The summed E-state index contributed by atoms with van der Waals surface area (Å²) in [6.07, 6.45) is 1.61. The first-order valence-electron chi connectivity index (χ1n) is 3.89. The highest BCUT2D eigenvalue weighted by Gasteiger charge is 2.06. The summed E-state index contributed by atoms with van der Waals surface area (Å²) in [4.78, 5) is 4.00. The molecule has 1 nitrogen and oxygen atoms in total. The number of rotatable bonds is 0. The van der Waals surface area contributed by atoms with E-state index in [1.54, 1.807) is 6.20 Å². The summed E-state index contributed by atoms with van der Waals surface area (Å²) in [6, 6.07) is 5.24. The van der Waals surface area contributed by atoms with Crippen LogP contribution in [0.3, 0.4) is 0 Å². The molecule has 0 atom stereocenters. The van der Waals surface area contributed by atoms with Crippen molar-refractivity contribution in [3.8, 4) is 0 Å². The van der Waals surface area contributed by atoms with Crippen molar-refractivity contribution >= 4 is 33.5 Å². The van der Waals surface area contributed by atoms with Crippen molar-refractivity contribution in [1.82, 2.24) is 4.98 Å². The zero-order valence-corrected chi connectivity index (χ0v) is 9.17. The number of halogens is 2. The Balaban J connectivity index is 2.97. The Hall–Kier alpha value is -0.710. The predicted octanol–water partition coefficient (Wildman–Crippen LogP) is 3.29. The van der Waals surface area contributed by atoms with Gasteiger partial charge in [0, 0.05) is 15.2 Å². The Morgan fingerprint density at radius 2 is 2.23 bits per heavy atom. The fraction of sp³-hybridized carbons (Fsp3) is 0.100. The van der Waals surface area contributed by atoms with Gasteiger partial charge in [-0.1, -0.05) is 6.07 Å². The minimum atomic E-state index is -0.245. The van der Waals surface area contributed by atoms with Gasteiger partial charge in [0.05, 0.1) is 0 Å². The standard InChI is InChI=1S/C10H7FIN/c1-6-7-3-2-4-13-10(7)8(11)5-9(6)12/h2-5H,1H3. The van der Waals surface area contributed by atoms with Crippen LogP contribution in [0.5, 0.6) is 0 Å². The van der Waals surface area contributed by atoms with Crippen LogP contribution < -0.4 is 0 Å². The lowest BCUT2D eigenvalue weighted by Crippen LogP contribution is -1.90. The van der Waals surface area contributed by atoms with Crippen LogP contribution in [0.25, 0.3) is 10.9 Å². The van der Waals surface area contributed by atoms with Crippen molar-refractivity contribution in [1.29, 1.82) is 0 Å². The number of benzene rings is 1. The Morgan fingerprint density at radius 3 is 3.00 bits per heavy atom. The lowest BCUT2D eigenvalue weighted by molar-refractivity contribution is 0.635. The summed E-state index contributed by atoms with van der Waals surface area (Å²) < 4.78 is 14.3. The molecule has 66 valence electrons. The molecule has 0 radical (unpaired) electrons. The molecule has 0 bridgehead atoms. The van der Waals surface area contributed by atoms with Crippen LogP contribution in [0.15, 0.2) is 24.4 Å². The average molecular weight is 287 g/mol. The zero-order valence-electron chi connectivity index (χ0n) is 7.01. The van der Waals surface area contributed by atoms with Gasteiger partial charge in [-0.25, -0.2) is 4.39 Å². The molecule has 1 aromatic carbocycles. The van der Waals surface area contributed by atoms with E-state index in [1.807, 2.05) is 19.1 Å². The molecule has 0 spiro atoms. The maximum atomic E-state index is 13.4. The van der Waals surface area contributed by atoms with E-state index in [9.17, 15) is 4.39 Å². The summed E-state index contributed by atoms with van der Waals surface area (Å²) in [7, 11) is 0. The third-order valence-electron chi connectivity index (χ3n) is 2.05. The van der Waals surface area contributed by atoms with Crippen molar-refractivity contribution in [2.45, 2.75) is 6.92 Å². The first kappa shape index (κ1) is 8.87. The molecule has 2 rings (SSSR count). The van der Waals surface area contributed by atoms with Gasteiger partial charge < -0.3 is 0 Å². The second kappa shape index (κ2) is 3.21. The van der Waals surface area contributed by atoms with E-state index >= 15 is 0 Å². The van der Waals surface area contributed by atoms with Crippen molar-refractivity contribution < 1.29 is 4.39 Å². The zero-order chi connectivity index (χ0) is 9.42. The van der Waals surface area contributed by atoms with Gasteiger partial charge in [-0.2, -0.15) is 0 Å². The van der Waals surface area contributed by atoms with E-state index in [-0.39, 0.29) is 5.82 Å². The van der Waals surface area contributed by atoms with E-state index in [4.69, 9.17) is 0 Å². The Labute approximate surface area is 89.1 Å². The number of aryl methyl sites for hydroxylation is 1. The van der Waals surface area contributed by atoms with Crippen molar-refractivity contribution in [3.05, 3.63) is 39.3 Å². The van der Waals surface area contributed by atoms with Crippen molar-refractivity contribution in [2.24, 2.45) is 0 Å². The Morgan fingerprint density at radius 1 is 1.46 bits per heavy atom. The topological polar surface area (TPSA) is 12.9 Å². The number of aromatic nitrogens is 1. The maximum Gasteiger partial charge on any atom is 0.150 e. The molecule has 1 heterocycles. The molecule has 3 heteroatoms. The third-order valence-corrected chi connectivity index (χ3v) is 3.17.